The van der Waals surface area contributed by atoms with Gasteiger partial charge in [0.05, 0.1) is 12.2 Å². The lowest BCUT2D eigenvalue weighted by molar-refractivity contribution is 0.856. The summed E-state index contributed by atoms with van der Waals surface area (Å²) >= 11 is 1.75. The van der Waals surface area contributed by atoms with Gasteiger partial charge in [-0.3, -0.25) is 0 Å². The highest BCUT2D eigenvalue weighted by molar-refractivity contribution is 7.09. The first-order valence-corrected chi connectivity index (χ1v) is 8.19. The van der Waals surface area contributed by atoms with Crippen molar-refractivity contribution in [2.24, 2.45) is 10.7 Å². The molecule has 0 fully saturated rings. The molecule has 0 saturated heterocycles. The van der Waals surface area contributed by atoms with Crippen molar-refractivity contribution in [1.82, 2.24) is 20.1 Å². The molecule has 1 aromatic carbocycles. The van der Waals surface area contributed by atoms with E-state index in [1.54, 1.807) is 22.3 Å². The van der Waals surface area contributed by atoms with Gasteiger partial charge in [-0.05, 0) is 35.6 Å². The lowest BCUT2D eigenvalue weighted by Gasteiger charge is -2.05. The number of nitrogens with two attached hydrogens (primary N) is 1. The molecule has 0 atom stereocenters. The van der Waals surface area contributed by atoms with Gasteiger partial charge in [0.15, 0.2) is 5.96 Å². The Morgan fingerprint density at radius 3 is 2.83 bits per heavy atom. The van der Waals surface area contributed by atoms with Crippen LogP contribution in [0.4, 0.5) is 0 Å². The summed E-state index contributed by atoms with van der Waals surface area (Å²) in [4.78, 5) is 9.63. The van der Waals surface area contributed by atoms with E-state index in [4.69, 9.17) is 5.73 Å². The Hall–Kier alpha value is -2.67. The van der Waals surface area contributed by atoms with Gasteiger partial charge in [-0.2, -0.15) is 5.10 Å². The first-order valence-electron chi connectivity index (χ1n) is 7.31. The van der Waals surface area contributed by atoms with Crippen LogP contribution in [0.25, 0.3) is 5.69 Å². The minimum Gasteiger partial charge on any atom is -0.370 e. The molecule has 0 aliphatic carbocycles. The SMILES string of the molecule is NC(=NCc1ccc(-n2cncn2)cc1)NCCc1cccs1. The van der Waals surface area contributed by atoms with Crippen LogP contribution in [0.5, 0.6) is 0 Å². The van der Waals surface area contributed by atoms with Crippen molar-refractivity contribution in [3.8, 4) is 5.69 Å². The minimum absolute atomic E-state index is 0.474. The quantitative estimate of drug-likeness (QED) is 0.536. The number of nitrogens with zero attached hydrogens (tertiary/aromatic N) is 4. The smallest absolute Gasteiger partial charge is 0.188 e. The first-order chi connectivity index (χ1) is 11.3. The second-order valence-corrected chi connectivity index (χ2v) is 6.00. The van der Waals surface area contributed by atoms with E-state index >= 15 is 0 Å². The number of guanidine groups is 1. The third kappa shape index (κ3) is 4.40. The summed E-state index contributed by atoms with van der Waals surface area (Å²) in [5.74, 6) is 0.474. The van der Waals surface area contributed by atoms with Gasteiger partial charge >= 0.3 is 0 Å². The number of hydrogen-bond acceptors (Lipinski definition) is 4. The maximum atomic E-state index is 5.89. The fourth-order valence-corrected chi connectivity index (χ4v) is 2.81. The van der Waals surface area contributed by atoms with Crippen LogP contribution in [-0.2, 0) is 13.0 Å². The topological polar surface area (TPSA) is 81.1 Å². The number of hydrogen-bond donors (Lipinski definition) is 2. The predicted octanol–water partition coefficient (Wildman–Crippen LogP) is 1.98. The average Bonchev–Trinajstić information content (AvgIpc) is 3.27. The number of benzene rings is 1. The van der Waals surface area contributed by atoms with E-state index in [1.165, 1.54) is 11.2 Å². The minimum atomic E-state index is 0.474. The maximum Gasteiger partial charge on any atom is 0.188 e. The van der Waals surface area contributed by atoms with Crippen LogP contribution in [0, 0.1) is 0 Å². The lowest BCUT2D eigenvalue weighted by atomic mass is 10.2. The van der Waals surface area contributed by atoms with E-state index in [0.29, 0.717) is 12.5 Å². The van der Waals surface area contributed by atoms with Crippen LogP contribution in [0.3, 0.4) is 0 Å². The zero-order valence-electron chi connectivity index (χ0n) is 12.6. The Balaban J connectivity index is 1.48. The van der Waals surface area contributed by atoms with Crippen LogP contribution >= 0.6 is 11.3 Å². The standard InChI is InChI=1S/C16H18N6S/c17-16(19-8-7-15-2-1-9-23-15)20-10-13-3-5-14(6-4-13)22-12-18-11-21-22/h1-6,9,11-12H,7-8,10H2,(H3,17,19,20). The van der Waals surface area contributed by atoms with Gasteiger partial charge in [0.2, 0.25) is 0 Å². The zero-order valence-corrected chi connectivity index (χ0v) is 13.4. The molecule has 0 aliphatic heterocycles. The highest BCUT2D eigenvalue weighted by atomic mass is 32.1. The Bertz CT molecular complexity index is 731. The molecule has 0 aliphatic rings. The second-order valence-electron chi connectivity index (χ2n) is 4.96. The highest BCUT2D eigenvalue weighted by Crippen LogP contribution is 2.09. The number of thiophene rings is 1. The van der Waals surface area contributed by atoms with Crippen molar-refractivity contribution in [3.05, 3.63) is 64.9 Å². The second kappa shape index (κ2) is 7.55. The molecule has 118 valence electrons. The van der Waals surface area contributed by atoms with Crippen molar-refractivity contribution < 1.29 is 0 Å². The first kappa shape index (κ1) is 15.2. The summed E-state index contributed by atoms with van der Waals surface area (Å²) in [5, 5.41) is 9.31. The lowest BCUT2D eigenvalue weighted by Crippen LogP contribution is -2.33. The molecule has 3 N–H and O–H groups in total. The molecule has 3 rings (SSSR count). The van der Waals surface area contributed by atoms with Gasteiger partial charge in [-0.25, -0.2) is 14.7 Å². The van der Waals surface area contributed by atoms with Crippen LogP contribution < -0.4 is 11.1 Å². The number of aromatic nitrogens is 3. The van der Waals surface area contributed by atoms with Crippen LogP contribution in [0.2, 0.25) is 0 Å². The number of aliphatic imine (C=N–C) groups is 1. The molecule has 0 unspecified atom stereocenters. The summed E-state index contributed by atoms with van der Waals surface area (Å²) in [5.41, 5.74) is 7.95. The van der Waals surface area contributed by atoms with Crippen molar-refractivity contribution in [2.75, 3.05) is 6.54 Å². The number of rotatable bonds is 6. The average molecular weight is 326 g/mol. The van der Waals surface area contributed by atoms with Crippen molar-refractivity contribution >= 4 is 17.3 Å². The summed E-state index contributed by atoms with van der Waals surface area (Å²) in [6.07, 6.45) is 4.14. The van der Waals surface area contributed by atoms with E-state index in [1.807, 2.05) is 24.3 Å². The molecule has 0 bridgehead atoms. The summed E-state index contributed by atoms with van der Waals surface area (Å²) < 4.78 is 1.72. The normalized spacial score (nSPS) is 11.6. The summed E-state index contributed by atoms with van der Waals surface area (Å²) in [7, 11) is 0. The van der Waals surface area contributed by atoms with E-state index in [2.05, 4.69) is 37.9 Å². The van der Waals surface area contributed by atoms with E-state index < -0.39 is 0 Å². The Morgan fingerprint density at radius 1 is 1.26 bits per heavy atom. The van der Waals surface area contributed by atoms with E-state index in [-0.39, 0.29) is 0 Å². The van der Waals surface area contributed by atoms with Crippen molar-refractivity contribution in [1.29, 1.82) is 0 Å². The van der Waals surface area contributed by atoms with Gasteiger partial charge < -0.3 is 11.1 Å². The maximum absolute atomic E-state index is 5.89. The Labute approximate surface area is 138 Å². The van der Waals surface area contributed by atoms with Gasteiger partial charge in [-0.1, -0.05) is 18.2 Å². The fraction of sp³-hybridized carbons (Fsp3) is 0.188. The van der Waals surface area contributed by atoms with Crippen LogP contribution in [-0.4, -0.2) is 27.3 Å². The molecule has 6 nitrogen and oxygen atoms in total. The Kier molecular flexibility index (Phi) is 5.00. The Morgan fingerprint density at radius 2 is 2.13 bits per heavy atom. The van der Waals surface area contributed by atoms with E-state index in [9.17, 15) is 0 Å². The van der Waals surface area contributed by atoms with Crippen LogP contribution in [0.1, 0.15) is 10.4 Å². The molecule has 2 aromatic heterocycles. The molecule has 0 saturated carbocycles. The zero-order chi connectivity index (χ0) is 15.9. The molecule has 7 heteroatoms. The summed E-state index contributed by atoms with van der Waals surface area (Å²) in [6.45, 7) is 1.34. The van der Waals surface area contributed by atoms with Gasteiger partial charge in [0.25, 0.3) is 0 Å². The third-order valence-electron chi connectivity index (χ3n) is 3.31. The van der Waals surface area contributed by atoms with Crippen LogP contribution in [0.15, 0.2) is 59.4 Å². The molecule has 0 radical (unpaired) electrons. The third-order valence-corrected chi connectivity index (χ3v) is 4.25. The molecule has 0 amide bonds. The van der Waals surface area contributed by atoms with Gasteiger partial charge in [-0.15, -0.1) is 11.3 Å². The number of nitrogens with one attached hydrogen (secondary N) is 1. The highest BCUT2D eigenvalue weighted by Gasteiger charge is 1.98. The largest absolute Gasteiger partial charge is 0.370 e. The molecular weight excluding hydrogens is 308 g/mol. The molecule has 0 spiro atoms. The van der Waals surface area contributed by atoms with Crippen molar-refractivity contribution in [2.45, 2.75) is 13.0 Å². The predicted molar refractivity (Wildman–Crippen MR) is 92.7 cm³/mol. The summed E-state index contributed by atoms with van der Waals surface area (Å²) in [6, 6.07) is 12.2. The van der Waals surface area contributed by atoms with Gasteiger partial charge in [0.1, 0.15) is 12.7 Å². The van der Waals surface area contributed by atoms with Gasteiger partial charge in [0, 0.05) is 11.4 Å². The van der Waals surface area contributed by atoms with Crippen molar-refractivity contribution in [3.63, 3.8) is 0 Å². The molecule has 23 heavy (non-hydrogen) atoms. The molecule has 3 aromatic rings. The molecular formula is C16H18N6S. The van der Waals surface area contributed by atoms with E-state index in [0.717, 1.165) is 24.2 Å². The monoisotopic (exact) mass is 326 g/mol. The fourth-order valence-electron chi connectivity index (χ4n) is 2.10. The molecule has 2 heterocycles.